The van der Waals surface area contributed by atoms with Crippen LogP contribution in [0.2, 0.25) is 0 Å². The molecule has 102 valence electrons. The Bertz CT molecular complexity index is 447. The molecule has 1 aliphatic heterocycles. The molecule has 1 saturated heterocycles. The van der Waals surface area contributed by atoms with Crippen LogP contribution in [0.15, 0.2) is 29.3 Å². The molecule has 6 heteroatoms. The number of carbonyl (C=O) groups excluding carboxylic acids is 1. The van der Waals surface area contributed by atoms with Gasteiger partial charge in [-0.15, -0.1) is 0 Å². The molecule has 2 rings (SSSR count). The molecule has 1 aromatic rings. The molecular weight excluding hydrogens is 249 g/mol. The average Bonchev–Trinajstić information content (AvgIpc) is 2.45. The molecule has 0 saturated carbocycles. The molecule has 0 spiro atoms. The zero-order chi connectivity index (χ0) is 13.7. The van der Waals surface area contributed by atoms with E-state index in [0.717, 1.165) is 0 Å². The van der Waals surface area contributed by atoms with Crippen molar-refractivity contribution >= 4 is 13.0 Å². The Balaban J connectivity index is 2.03. The maximum atomic E-state index is 13.7. The van der Waals surface area contributed by atoms with Crippen molar-refractivity contribution in [3.8, 4) is 0 Å². The minimum atomic E-state index is -0.681. The number of hydrogen-bond donors (Lipinski definition) is 1. The lowest BCUT2D eigenvalue weighted by Gasteiger charge is -2.34. The van der Waals surface area contributed by atoms with Gasteiger partial charge in [-0.25, -0.2) is 14.8 Å². The van der Waals surface area contributed by atoms with E-state index in [1.807, 2.05) is 0 Å². The number of nitrogens with zero attached hydrogens (tertiary/aromatic N) is 2. The first-order valence-electron chi connectivity index (χ1n) is 6.03. The van der Waals surface area contributed by atoms with Crippen molar-refractivity contribution in [3.63, 3.8) is 0 Å². The number of morpholine rings is 1. The summed E-state index contributed by atoms with van der Waals surface area (Å²) in [6.45, 7) is 4.83. The van der Waals surface area contributed by atoms with Crippen LogP contribution in [0.3, 0.4) is 0 Å². The molecule has 1 aromatic carbocycles. The van der Waals surface area contributed by atoms with Crippen molar-refractivity contribution in [2.24, 2.45) is 4.99 Å². The summed E-state index contributed by atoms with van der Waals surface area (Å²) in [6.07, 6.45) is -0.375. The third-order valence-corrected chi connectivity index (χ3v) is 2.96. The van der Waals surface area contributed by atoms with Crippen molar-refractivity contribution < 1.29 is 13.9 Å². The molecule has 5 nitrogen and oxygen atoms in total. The van der Waals surface area contributed by atoms with Gasteiger partial charge in [0.2, 0.25) is 0 Å². The molecule has 0 aliphatic carbocycles. The standard InChI is InChI=1S/C13H16FN3O2/c1-15-13(9-18)16-17-6-7-19-12(8-17)10-4-2-3-5-11(10)14/h2-5,9,12-13,16H,1,6-8H2. The van der Waals surface area contributed by atoms with Crippen molar-refractivity contribution in [1.82, 2.24) is 10.4 Å². The van der Waals surface area contributed by atoms with E-state index in [2.05, 4.69) is 17.1 Å². The molecule has 0 aromatic heterocycles. The van der Waals surface area contributed by atoms with Crippen molar-refractivity contribution in [1.29, 1.82) is 0 Å². The van der Waals surface area contributed by atoms with E-state index >= 15 is 0 Å². The Labute approximate surface area is 111 Å². The van der Waals surface area contributed by atoms with Crippen LogP contribution < -0.4 is 5.43 Å². The summed E-state index contributed by atoms with van der Waals surface area (Å²) < 4.78 is 19.3. The minimum Gasteiger partial charge on any atom is -0.371 e. The van der Waals surface area contributed by atoms with Gasteiger partial charge in [0, 0.05) is 18.7 Å². The maximum absolute atomic E-state index is 13.7. The Morgan fingerprint density at radius 2 is 2.37 bits per heavy atom. The van der Waals surface area contributed by atoms with Gasteiger partial charge in [-0.1, -0.05) is 18.2 Å². The highest BCUT2D eigenvalue weighted by Gasteiger charge is 2.25. The fourth-order valence-corrected chi connectivity index (χ4v) is 1.99. The van der Waals surface area contributed by atoms with E-state index < -0.39 is 6.17 Å². The Hall–Kier alpha value is -1.63. The van der Waals surface area contributed by atoms with Crippen LogP contribution in [0.4, 0.5) is 4.39 Å². The van der Waals surface area contributed by atoms with Crippen molar-refractivity contribution in [2.75, 3.05) is 19.7 Å². The summed E-state index contributed by atoms with van der Waals surface area (Å²) in [7, 11) is 0. The van der Waals surface area contributed by atoms with E-state index in [-0.39, 0.29) is 11.9 Å². The van der Waals surface area contributed by atoms with Crippen molar-refractivity contribution in [2.45, 2.75) is 12.3 Å². The number of nitrogens with one attached hydrogen (secondary N) is 1. The first kappa shape index (κ1) is 13.8. The molecule has 19 heavy (non-hydrogen) atoms. The number of carbonyl (C=O) groups is 1. The van der Waals surface area contributed by atoms with Crippen LogP contribution in [0.25, 0.3) is 0 Å². The highest BCUT2D eigenvalue weighted by atomic mass is 19.1. The summed E-state index contributed by atoms with van der Waals surface area (Å²) in [5.74, 6) is -0.289. The van der Waals surface area contributed by atoms with E-state index in [4.69, 9.17) is 4.74 Å². The Morgan fingerprint density at radius 1 is 1.58 bits per heavy atom. The predicted octanol–water partition coefficient (Wildman–Crippen LogP) is 0.929. The van der Waals surface area contributed by atoms with Gasteiger partial charge in [0.15, 0.2) is 12.5 Å². The summed E-state index contributed by atoms with van der Waals surface area (Å²) in [5.41, 5.74) is 3.43. The first-order chi connectivity index (χ1) is 9.24. The van der Waals surface area contributed by atoms with Crippen LogP contribution >= 0.6 is 0 Å². The van der Waals surface area contributed by atoms with Crippen LogP contribution in [0, 0.1) is 5.82 Å². The van der Waals surface area contributed by atoms with E-state index in [1.165, 1.54) is 6.07 Å². The third kappa shape index (κ3) is 3.44. The number of rotatable bonds is 5. The lowest BCUT2D eigenvalue weighted by atomic mass is 10.1. The molecule has 2 atom stereocenters. The van der Waals surface area contributed by atoms with Gasteiger partial charge in [-0.05, 0) is 12.8 Å². The predicted molar refractivity (Wildman–Crippen MR) is 69.2 cm³/mol. The molecule has 0 bridgehead atoms. The number of aliphatic imine (C=N–C) groups is 1. The lowest BCUT2D eigenvalue weighted by Crippen LogP contribution is -2.50. The number of hydrogen-bond acceptors (Lipinski definition) is 5. The second kappa shape index (κ2) is 6.51. The minimum absolute atomic E-state index is 0.289. The van der Waals surface area contributed by atoms with E-state index in [9.17, 15) is 9.18 Å². The fraction of sp³-hybridized carbons (Fsp3) is 0.385. The zero-order valence-corrected chi connectivity index (χ0v) is 10.5. The smallest absolute Gasteiger partial charge is 0.167 e. The molecule has 0 radical (unpaired) electrons. The molecule has 1 heterocycles. The second-order valence-corrected chi connectivity index (χ2v) is 4.22. The lowest BCUT2D eigenvalue weighted by molar-refractivity contribution is -0.112. The topological polar surface area (TPSA) is 53.9 Å². The Kier molecular flexibility index (Phi) is 4.73. The number of benzene rings is 1. The average molecular weight is 265 g/mol. The van der Waals surface area contributed by atoms with E-state index in [0.29, 0.717) is 31.5 Å². The zero-order valence-electron chi connectivity index (χ0n) is 10.5. The van der Waals surface area contributed by atoms with Crippen molar-refractivity contribution in [3.05, 3.63) is 35.6 Å². The summed E-state index contributed by atoms with van der Waals surface area (Å²) in [4.78, 5) is 14.3. The number of halogens is 1. The maximum Gasteiger partial charge on any atom is 0.167 e. The summed E-state index contributed by atoms with van der Waals surface area (Å²) in [6, 6.07) is 6.52. The van der Waals surface area contributed by atoms with Gasteiger partial charge in [-0.2, -0.15) is 0 Å². The third-order valence-electron chi connectivity index (χ3n) is 2.96. The van der Waals surface area contributed by atoms with Gasteiger partial charge in [0.1, 0.15) is 5.82 Å². The largest absolute Gasteiger partial charge is 0.371 e. The van der Waals surface area contributed by atoms with Crippen LogP contribution in [-0.4, -0.2) is 43.9 Å². The monoisotopic (exact) mass is 265 g/mol. The molecule has 0 amide bonds. The van der Waals surface area contributed by atoms with Crippen LogP contribution in [0.5, 0.6) is 0 Å². The normalized spacial score (nSPS) is 21.8. The quantitative estimate of drug-likeness (QED) is 0.635. The highest BCUT2D eigenvalue weighted by molar-refractivity contribution is 5.58. The molecule has 1 fully saturated rings. The van der Waals surface area contributed by atoms with Gasteiger partial charge in [0.25, 0.3) is 0 Å². The Morgan fingerprint density at radius 3 is 3.05 bits per heavy atom. The first-order valence-corrected chi connectivity index (χ1v) is 6.03. The second-order valence-electron chi connectivity index (χ2n) is 4.22. The fourth-order valence-electron chi connectivity index (χ4n) is 1.99. The number of hydrazine groups is 1. The van der Waals surface area contributed by atoms with Crippen LogP contribution in [-0.2, 0) is 9.53 Å². The summed E-state index contributed by atoms with van der Waals surface area (Å²) in [5, 5.41) is 1.80. The van der Waals surface area contributed by atoms with Gasteiger partial charge in [0.05, 0.1) is 12.7 Å². The van der Waals surface area contributed by atoms with Gasteiger partial charge in [-0.3, -0.25) is 9.79 Å². The van der Waals surface area contributed by atoms with Crippen LogP contribution in [0.1, 0.15) is 11.7 Å². The SMILES string of the molecule is C=NC(C=O)NN1CCOC(c2ccccc2F)C1. The van der Waals surface area contributed by atoms with E-state index in [1.54, 1.807) is 23.2 Å². The summed E-state index contributed by atoms with van der Waals surface area (Å²) >= 11 is 0. The molecular formula is C13H16FN3O2. The molecule has 2 unspecified atom stereocenters. The number of aldehydes is 1. The molecule has 1 N–H and O–H groups in total. The van der Waals surface area contributed by atoms with Gasteiger partial charge >= 0.3 is 0 Å². The molecule has 1 aliphatic rings. The highest BCUT2D eigenvalue weighted by Crippen LogP contribution is 2.23. The number of ether oxygens (including phenoxy) is 1. The van der Waals surface area contributed by atoms with Gasteiger partial charge < -0.3 is 4.74 Å².